The second-order valence-electron chi connectivity index (χ2n) is 7.19. The molecule has 31 heavy (non-hydrogen) atoms. The van der Waals surface area contributed by atoms with Gasteiger partial charge in [-0.05, 0) is 31.7 Å². The molecule has 0 saturated heterocycles. The van der Waals surface area contributed by atoms with E-state index in [2.05, 4.69) is 38.3 Å². The summed E-state index contributed by atoms with van der Waals surface area (Å²) in [7, 11) is 3.48. The largest absolute Gasteiger partial charge is 0.495 e. The molecular weight excluding hydrogens is 394 g/mol. The molecule has 2 aromatic heterocycles. The number of anilines is 2. The number of nitrogens with one attached hydrogen (secondary N) is 4. The van der Waals surface area contributed by atoms with Crippen molar-refractivity contribution in [3.63, 3.8) is 0 Å². The number of nitrogens with zero attached hydrogens (tertiary/aromatic N) is 3. The zero-order chi connectivity index (χ0) is 22.1. The number of hydrogen-bond acceptors (Lipinski definition) is 7. The quantitative estimate of drug-likeness (QED) is 0.330. The normalized spacial score (nSPS) is 10.8. The highest BCUT2D eigenvalue weighted by atomic mass is 16.5. The lowest BCUT2D eigenvalue weighted by Gasteiger charge is -2.12. The third-order valence-corrected chi connectivity index (χ3v) is 4.70. The van der Waals surface area contributed by atoms with E-state index in [-0.39, 0.29) is 12.5 Å². The summed E-state index contributed by atoms with van der Waals surface area (Å²) in [6, 6.07) is 9.80. The van der Waals surface area contributed by atoms with Gasteiger partial charge in [0.2, 0.25) is 5.91 Å². The number of aromatic nitrogens is 3. The molecule has 0 fully saturated rings. The van der Waals surface area contributed by atoms with E-state index >= 15 is 0 Å². The van der Waals surface area contributed by atoms with Crippen LogP contribution in [0.4, 0.5) is 11.5 Å². The Kier molecular flexibility index (Phi) is 8.05. The number of ether oxygens (including phenoxy) is 1. The van der Waals surface area contributed by atoms with Crippen molar-refractivity contribution in [1.29, 1.82) is 0 Å². The highest BCUT2D eigenvalue weighted by Gasteiger charge is 2.11. The smallest absolute Gasteiger partial charge is 0.241 e. The Bertz CT molecular complexity index is 1000. The first kappa shape index (κ1) is 22.4. The Morgan fingerprint density at radius 2 is 2.03 bits per heavy atom. The van der Waals surface area contributed by atoms with E-state index < -0.39 is 0 Å². The van der Waals surface area contributed by atoms with Crippen molar-refractivity contribution in [1.82, 2.24) is 25.4 Å². The molecule has 9 heteroatoms. The summed E-state index contributed by atoms with van der Waals surface area (Å²) < 4.78 is 7.19. The molecule has 1 amide bonds. The van der Waals surface area contributed by atoms with Gasteiger partial charge in [-0.15, -0.1) is 0 Å². The van der Waals surface area contributed by atoms with Gasteiger partial charge in [-0.25, -0.2) is 4.98 Å². The second kappa shape index (κ2) is 11.2. The van der Waals surface area contributed by atoms with E-state index in [0.29, 0.717) is 18.8 Å². The van der Waals surface area contributed by atoms with Crippen LogP contribution in [0.15, 0.2) is 36.5 Å². The number of amides is 1. The minimum absolute atomic E-state index is 0.0731. The van der Waals surface area contributed by atoms with Gasteiger partial charge in [0.1, 0.15) is 18.1 Å². The maximum Gasteiger partial charge on any atom is 0.241 e. The molecule has 0 atom stereocenters. The van der Waals surface area contributed by atoms with E-state index in [1.54, 1.807) is 11.8 Å². The number of hydrogen-bond donors (Lipinski definition) is 4. The fourth-order valence-electron chi connectivity index (χ4n) is 3.14. The highest BCUT2D eigenvalue weighted by Crippen LogP contribution is 2.30. The predicted molar refractivity (Wildman–Crippen MR) is 124 cm³/mol. The van der Waals surface area contributed by atoms with Gasteiger partial charge in [-0.2, -0.15) is 5.10 Å². The van der Waals surface area contributed by atoms with Crippen LogP contribution in [0.5, 0.6) is 5.75 Å². The second-order valence-corrected chi connectivity index (χ2v) is 7.19. The average molecular weight is 426 g/mol. The Balaban J connectivity index is 1.70. The fraction of sp³-hybridized carbons (Fsp3) is 0.409. The molecule has 166 valence electrons. The summed E-state index contributed by atoms with van der Waals surface area (Å²) in [6.07, 6.45) is 2.91. The summed E-state index contributed by atoms with van der Waals surface area (Å²) in [5.74, 6) is 1.49. The van der Waals surface area contributed by atoms with Gasteiger partial charge in [0.25, 0.3) is 0 Å². The van der Waals surface area contributed by atoms with Gasteiger partial charge >= 0.3 is 0 Å². The van der Waals surface area contributed by atoms with Gasteiger partial charge in [0.05, 0.1) is 30.6 Å². The molecule has 3 rings (SSSR count). The standard InChI is InChI=1S/C22H31N7O2/c1-4-8-24-21-7-5-6-17(27-21)13-26-19-11-16-14-29(15-22(30)25-10-9-23-2)28-18(16)12-20(19)31-3/h5-7,11-12,14,23,26H,4,8-10,13,15H2,1-3H3,(H,24,27)(H,25,30). The van der Waals surface area contributed by atoms with E-state index in [9.17, 15) is 4.79 Å². The molecule has 9 nitrogen and oxygen atoms in total. The minimum Gasteiger partial charge on any atom is -0.495 e. The number of benzene rings is 1. The van der Waals surface area contributed by atoms with Gasteiger partial charge in [-0.1, -0.05) is 13.0 Å². The number of fused-ring (bicyclic) bond motifs is 1. The first-order valence-electron chi connectivity index (χ1n) is 10.5. The maximum absolute atomic E-state index is 12.1. The Morgan fingerprint density at radius 1 is 1.16 bits per heavy atom. The van der Waals surface area contributed by atoms with Crippen molar-refractivity contribution in [2.75, 3.05) is 44.4 Å². The van der Waals surface area contributed by atoms with Crippen LogP contribution in [0, 0.1) is 0 Å². The number of likely N-dealkylation sites (N-methyl/N-ethyl adjacent to an activating group) is 1. The highest BCUT2D eigenvalue weighted by molar-refractivity contribution is 5.86. The van der Waals surface area contributed by atoms with Crippen molar-refractivity contribution in [3.8, 4) is 5.75 Å². The number of pyridine rings is 1. The van der Waals surface area contributed by atoms with Crippen LogP contribution in [0.2, 0.25) is 0 Å². The number of methoxy groups -OCH3 is 1. The monoisotopic (exact) mass is 425 g/mol. The van der Waals surface area contributed by atoms with Crippen LogP contribution in [-0.2, 0) is 17.9 Å². The van der Waals surface area contributed by atoms with E-state index in [0.717, 1.165) is 47.6 Å². The molecule has 0 aliphatic rings. The zero-order valence-electron chi connectivity index (χ0n) is 18.4. The van der Waals surface area contributed by atoms with Gasteiger partial charge < -0.3 is 26.0 Å². The van der Waals surface area contributed by atoms with Crippen LogP contribution >= 0.6 is 0 Å². The minimum atomic E-state index is -0.0731. The van der Waals surface area contributed by atoms with Gasteiger partial charge in [-0.3, -0.25) is 9.48 Å². The molecule has 0 unspecified atom stereocenters. The van der Waals surface area contributed by atoms with Crippen molar-refractivity contribution >= 4 is 28.3 Å². The number of carbonyl (C=O) groups excluding carboxylic acids is 1. The predicted octanol–water partition coefficient (Wildman–Crippen LogP) is 2.21. The Labute approximate surface area is 182 Å². The van der Waals surface area contributed by atoms with Gasteiger partial charge in [0.15, 0.2) is 0 Å². The Morgan fingerprint density at radius 3 is 2.81 bits per heavy atom. The number of carbonyl (C=O) groups is 1. The maximum atomic E-state index is 12.1. The Hall–Kier alpha value is -3.33. The van der Waals surface area contributed by atoms with Crippen molar-refractivity contribution in [2.45, 2.75) is 26.4 Å². The molecule has 0 spiro atoms. The molecule has 0 aliphatic carbocycles. The van der Waals surface area contributed by atoms with E-state index in [1.165, 1.54) is 0 Å². The molecule has 0 saturated carbocycles. The molecule has 3 aromatic rings. The van der Waals surface area contributed by atoms with Crippen LogP contribution < -0.4 is 26.0 Å². The summed E-state index contributed by atoms with van der Waals surface area (Å²) in [5, 5.41) is 18.0. The molecule has 0 radical (unpaired) electrons. The topological polar surface area (TPSA) is 105 Å². The summed E-state index contributed by atoms with van der Waals surface area (Å²) in [4.78, 5) is 16.7. The first-order chi connectivity index (χ1) is 15.1. The third kappa shape index (κ3) is 6.32. The van der Waals surface area contributed by atoms with Crippen molar-refractivity contribution in [2.24, 2.45) is 0 Å². The van der Waals surface area contributed by atoms with E-state index in [1.807, 2.05) is 43.6 Å². The number of rotatable bonds is 12. The summed E-state index contributed by atoms with van der Waals surface area (Å²) in [6.45, 7) is 5.06. The lowest BCUT2D eigenvalue weighted by Crippen LogP contribution is -2.33. The zero-order valence-corrected chi connectivity index (χ0v) is 18.4. The van der Waals surface area contributed by atoms with Crippen LogP contribution in [0.1, 0.15) is 19.0 Å². The molecule has 0 bridgehead atoms. The fourth-order valence-corrected chi connectivity index (χ4v) is 3.14. The van der Waals surface area contributed by atoms with Gasteiger partial charge in [0, 0.05) is 37.3 Å². The van der Waals surface area contributed by atoms with Crippen molar-refractivity contribution < 1.29 is 9.53 Å². The first-order valence-corrected chi connectivity index (χ1v) is 10.5. The molecule has 1 aromatic carbocycles. The molecular formula is C22H31N7O2. The SMILES string of the molecule is CCCNc1cccc(CNc2cc3cn(CC(=O)NCCNC)nc3cc2OC)n1. The lowest BCUT2D eigenvalue weighted by molar-refractivity contribution is -0.121. The summed E-state index contributed by atoms with van der Waals surface area (Å²) in [5.41, 5.74) is 2.55. The third-order valence-electron chi connectivity index (χ3n) is 4.70. The molecule has 4 N–H and O–H groups in total. The van der Waals surface area contributed by atoms with Crippen LogP contribution in [0.25, 0.3) is 10.9 Å². The lowest BCUT2D eigenvalue weighted by atomic mass is 10.2. The average Bonchev–Trinajstić information content (AvgIpc) is 3.16. The van der Waals surface area contributed by atoms with Crippen molar-refractivity contribution in [3.05, 3.63) is 42.2 Å². The van der Waals surface area contributed by atoms with E-state index in [4.69, 9.17) is 4.74 Å². The molecule has 0 aliphatic heterocycles. The van der Waals surface area contributed by atoms with Crippen LogP contribution in [-0.4, -0.2) is 54.5 Å². The van der Waals surface area contributed by atoms with Crippen LogP contribution in [0.3, 0.4) is 0 Å². The summed E-state index contributed by atoms with van der Waals surface area (Å²) >= 11 is 0. The molecule has 2 heterocycles.